The lowest BCUT2D eigenvalue weighted by Crippen LogP contribution is -2.12. The van der Waals surface area contributed by atoms with Crippen molar-refractivity contribution in [3.63, 3.8) is 0 Å². The van der Waals surface area contributed by atoms with Crippen LogP contribution in [-0.2, 0) is 13.5 Å². The highest BCUT2D eigenvalue weighted by Crippen LogP contribution is 2.14. The van der Waals surface area contributed by atoms with Crippen molar-refractivity contribution in [1.82, 2.24) is 9.78 Å². The minimum Gasteiger partial charge on any atom is -0.367 e. The van der Waals surface area contributed by atoms with E-state index in [1.165, 1.54) is 0 Å². The molecule has 0 aliphatic rings. The normalized spacial score (nSPS) is 12.2. The predicted molar refractivity (Wildman–Crippen MR) is 51.3 cm³/mol. The second-order valence-corrected chi connectivity index (χ2v) is 3.01. The molecular weight excluding hydrogens is 164 g/mol. The number of aromatic nitrogens is 2. The average molecular weight is 178 g/mol. The molecule has 0 saturated carbocycles. The molecule has 4 heteroatoms. The van der Waals surface area contributed by atoms with Gasteiger partial charge < -0.3 is 5.32 Å². The summed E-state index contributed by atoms with van der Waals surface area (Å²) in [6, 6.07) is 1.95. The van der Waals surface area contributed by atoms with E-state index in [0.29, 0.717) is 0 Å². The molecule has 0 aliphatic carbocycles. The van der Waals surface area contributed by atoms with Crippen LogP contribution in [0.1, 0.15) is 19.5 Å². The average Bonchev–Trinajstić information content (AvgIpc) is 2.46. The van der Waals surface area contributed by atoms with Gasteiger partial charge in [0.2, 0.25) is 0 Å². The number of anilines is 1. The lowest BCUT2D eigenvalue weighted by molar-refractivity contribution is 0.746. The van der Waals surface area contributed by atoms with Crippen molar-refractivity contribution in [2.45, 2.75) is 26.3 Å². The molecule has 1 N–H and O–H groups in total. The number of nitrogens with one attached hydrogen (secondary N) is 1. The molecule has 0 amide bonds. The van der Waals surface area contributed by atoms with Gasteiger partial charge in [-0.25, -0.2) is 0 Å². The first-order valence-corrected chi connectivity index (χ1v) is 4.36. The SMILES string of the molecule is CCc1nn(C)cc1NC(C)C#N. The van der Waals surface area contributed by atoms with Gasteiger partial charge in [0.25, 0.3) is 0 Å². The molecule has 1 aromatic heterocycles. The van der Waals surface area contributed by atoms with Crippen molar-refractivity contribution in [1.29, 1.82) is 5.26 Å². The highest BCUT2D eigenvalue weighted by molar-refractivity contribution is 5.48. The van der Waals surface area contributed by atoms with Crippen LogP contribution in [0.15, 0.2) is 6.20 Å². The molecule has 0 aromatic carbocycles. The van der Waals surface area contributed by atoms with E-state index in [1.54, 1.807) is 4.68 Å². The molecule has 1 rings (SSSR count). The minimum atomic E-state index is -0.172. The summed E-state index contributed by atoms with van der Waals surface area (Å²) in [7, 11) is 1.88. The maximum atomic E-state index is 8.63. The molecule has 1 heterocycles. The fourth-order valence-electron chi connectivity index (χ4n) is 1.18. The zero-order valence-corrected chi connectivity index (χ0v) is 8.20. The summed E-state index contributed by atoms with van der Waals surface area (Å²) in [6.45, 7) is 3.87. The topological polar surface area (TPSA) is 53.6 Å². The van der Waals surface area contributed by atoms with Crippen molar-refractivity contribution in [3.05, 3.63) is 11.9 Å². The Labute approximate surface area is 78.2 Å². The number of hydrogen-bond donors (Lipinski definition) is 1. The molecule has 13 heavy (non-hydrogen) atoms. The summed E-state index contributed by atoms with van der Waals surface area (Å²) < 4.78 is 1.76. The van der Waals surface area contributed by atoms with E-state index in [4.69, 9.17) is 5.26 Å². The van der Waals surface area contributed by atoms with Crippen LogP contribution in [0, 0.1) is 11.3 Å². The van der Waals surface area contributed by atoms with Crippen LogP contribution in [0.3, 0.4) is 0 Å². The molecule has 0 radical (unpaired) electrons. The first kappa shape index (κ1) is 9.59. The van der Waals surface area contributed by atoms with E-state index in [9.17, 15) is 0 Å². The van der Waals surface area contributed by atoms with Crippen LogP contribution in [0.25, 0.3) is 0 Å². The van der Waals surface area contributed by atoms with Gasteiger partial charge in [-0.3, -0.25) is 4.68 Å². The van der Waals surface area contributed by atoms with Crippen molar-refractivity contribution in [2.75, 3.05) is 5.32 Å². The van der Waals surface area contributed by atoms with Crippen molar-refractivity contribution in [3.8, 4) is 6.07 Å². The second-order valence-electron chi connectivity index (χ2n) is 3.01. The summed E-state index contributed by atoms with van der Waals surface area (Å²) in [4.78, 5) is 0. The third-order valence-electron chi connectivity index (χ3n) is 1.81. The van der Waals surface area contributed by atoms with Gasteiger partial charge in [0, 0.05) is 13.2 Å². The molecule has 0 aliphatic heterocycles. The lowest BCUT2D eigenvalue weighted by atomic mass is 10.2. The maximum Gasteiger partial charge on any atom is 0.111 e. The predicted octanol–water partition coefficient (Wildman–Crippen LogP) is 1.31. The molecular formula is C9H14N4. The van der Waals surface area contributed by atoms with E-state index in [0.717, 1.165) is 17.8 Å². The van der Waals surface area contributed by atoms with Crippen LogP contribution >= 0.6 is 0 Å². The Balaban J connectivity index is 2.82. The Hall–Kier alpha value is -1.50. The first-order valence-electron chi connectivity index (χ1n) is 4.36. The first-order chi connectivity index (χ1) is 6.17. The van der Waals surface area contributed by atoms with Crippen molar-refractivity contribution in [2.24, 2.45) is 7.05 Å². The summed E-state index contributed by atoms with van der Waals surface area (Å²) >= 11 is 0. The number of nitrogens with zero attached hydrogens (tertiary/aromatic N) is 3. The Kier molecular flexibility index (Phi) is 2.91. The van der Waals surface area contributed by atoms with Crippen LogP contribution in [-0.4, -0.2) is 15.8 Å². The number of rotatable bonds is 3. The molecule has 70 valence electrons. The van der Waals surface area contributed by atoms with Gasteiger partial charge in [0.1, 0.15) is 6.04 Å². The quantitative estimate of drug-likeness (QED) is 0.759. The van der Waals surface area contributed by atoms with Gasteiger partial charge in [-0.1, -0.05) is 6.92 Å². The van der Waals surface area contributed by atoms with E-state index >= 15 is 0 Å². The van der Waals surface area contributed by atoms with Crippen LogP contribution in [0.5, 0.6) is 0 Å². The monoisotopic (exact) mass is 178 g/mol. The number of hydrogen-bond acceptors (Lipinski definition) is 3. The largest absolute Gasteiger partial charge is 0.367 e. The summed E-state index contributed by atoms with van der Waals surface area (Å²) in [5.41, 5.74) is 1.96. The Morgan fingerprint density at radius 2 is 2.46 bits per heavy atom. The van der Waals surface area contributed by atoms with Gasteiger partial charge in [-0.15, -0.1) is 0 Å². The number of aryl methyl sites for hydroxylation is 2. The maximum absolute atomic E-state index is 8.63. The molecule has 1 atom stereocenters. The highest BCUT2D eigenvalue weighted by Gasteiger charge is 2.07. The van der Waals surface area contributed by atoms with Gasteiger partial charge in [0.05, 0.1) is 17.5 Å². The van der Waals surface area contributed by atoms with Crippen LogP contribution in [0.4, 0.5) is 5.69 Å². The summed E-state index contributed by atoms with van der Waals surface area (Å²) in [5, 5.41) is 16.0. The van der Waals surface area contributed by atoms with Crippen molar-refractivity contribution >= 4 is 5.69 Å². The zero-order valence-electron chi connectivity index (χ0n) is 8.20. The lowest BCUT2D eigenvalue weighted by Gasteiger charge is -2.05. The van der Waals surface area contributed by atoms with Gasteiger partial charge in [-0.05, 0) is 13.3 Å². The fraction of sp³-hybridized carbons (Fsp3) is 0.556. The van der Waals surface area contributed by atoms with Gasteiger partial charge >= 0.3 is 0 Å². The smallest absolute Gasteiger partial charge is 0.111 e. The third-order valence-corrected chi connectivity index (χ3v) is 1.81. The van der Waals surface area contributed by atoms with E-state index in [1.807, 2.05) is 27.1 Å². The van der Waals surface area contributed by atoms with E-state index in [2.05, 4.69) is 16.5 Å². The Bertz CT molecular complexity index is 321. The molecule has 0 saturated heterocycles. The van der Waals surface area contributed by atoms with Crippen LogP contribution in [0.2, 0.25) is 0 Å². The molecule has 0 fully saturated rings. The summed E-state index contributed by atoms with van der Waals surface area (Å²) in [5.74, 6) is 0. The fourth-order valence-corrected chi connectivity index (χ4v) is 1.18. The summed E-state index contributed by atoms with van der Waals surface area (Å²) in [6.07, 6.45) is 2.77. The third kappa shape index (κ3) is 2.22. The molecule has 4 nitrogen and oxygen atoms in total. The van der Waals surface area contributed by atoms with E-state index < -0.39 is 0 Å². The van der Waals surface area contributed by atoms with Gasteiger partial charge in [-0.2, -0.15) is 10.4 Å². The molecule has 0 bridgehead atoms. The zero-order chi connectivity index (χ0) is 9.84. The Morgan fingerprint density at radius 3 is 3.00 bits per heavy atom. The van der Waals surface area contributed by atoms with Crippen LogP contribution < -0.4 is 5.32 Å². The highest BCUT2D eigenvalue weighted by atomic mass is 15.3. The van der Waals surface area contributed by atoms with E-state index in [-0.39, 0.29) is 6.04 Å². The minimum absolute atomic E-state index is 0.172. The molecule has 1 unspecified atom stereocenters. The van der Waals surface area contributed by atoms with Crippen molar-refractivity contribution < 1.29 is 0 Å². The molecule has 0 spiro atoms. The number of nitriles is 1. The molecule has 1 aromatic rings. The Morgan fingerprint density at radius 1 is 1.77 bits per heavy atom. The standard InChI is InChI=1S/C9H14N4/c1-4-8-9(6-13(3)12-8)11-7(2)5-10/h6-7,11H,4H2,1-3H3. The van der Waals surface area contributed by atoms with Gasteiger partial charge in [0.15, 0.2) is 0 Å². The second kappa shape index (κ2) is 3.94.